The summed E-state index contributed by atoms with van der Waals surface area (Å²) in [6.07, 6.45) is 3.70. The molecule has 3 aromatic heterocycles. The number of H-pyrrole nitrogens is 1. The van der Waals surface area contributed by atoms with E-state index in [1.807, 2.05) is 31.5 Å². The molecule has 0 bridgehead atoms. The number of morpholine rings is 1. The standard InChI is InChI=1S/C21H21N5O2/c1-2-28-19-6-4-15(12-23-19)14-3-5-17-16(11-14)20-18(13-22-17)24-25-21(20)26-7-9-27-10-8-26/h3-6,11-13H,2,7-10H2,1H3,(H,24,25). The first kappa shape index (κ1) is 16.9. The summed E-state index contributed by atoms with van der Waals surface area (Å²) in [5, 5.41) is 9.90. The van der Waals surface area contributed by atoms with E-state index < -0.39 is 0 Å². The lowest BCUT2D eigenvalue weighted by molar-refractivity contribution is 0.122. The summed E-state index contributed by atoms with van der Waals surface area (Å²) in [7, 11) is 0. The van der Waals surface area contributed by atoms with Crippen LogP contribution in [-0.2, 0) is 4.74 Å². The van der Waals surface area contributed by atoms with Gasteiger partial charge in [0, 0.05) is 36.3 Å². The van der Waals surface area contributed by atoms with Gasteiger partial charge >= 0.3 is 0 Å². The first-order chi connectivity index (χ1) is 13.8. The van der Waals surface area contributed by atoms with Gasteiger partial charge in [0.05, 0.1) is 42.4 Å². The van der Waals surface area contributed by atoms with E-state index in [-0.39, 0.29) is 0 Å². The zero-order valence-electron chi connectivity index (χ0n) is 15.7. The maximum absolute atomic E-state index is 5.49. The number of hydrogen-bond acceptors (Lipinski definition) is 6. The molecule has 1 aromatic carbocycles. The highest BCUT2D eigenvalue weighted by molar-refractivity contribution is 6.11. The molecule has 1 N–H and O–H groups in total. The summed E-state index contributed by atoms with van der Waals surface area (Å²) >= 11 is 0. The van der Waals surface area contributed by atoms with Crippen LogP contribution in [0, 0.1) is 0 Å². The Balaban J connectivity index is 1.63. The van der Waals surface area contributed by atoms with Crippen molar-refractivity contribution in [1.29, 1.82) is 0 Å². The minimum absolute atomic E-state index is 0.608. The van der Waals surface area contributed by atoms with Crippen LogP contribution >= 0.6 is 0 Å². The second-order valence-corrected chi connectivity index (χ2v) is 6.74. The highest BCUT2D eigenvalue weighted by Gasteiger charge is 2.19. The van der Waals surface area contributed by atoms with E-state index in [0.717, 1.165) is 65.1 Å². The summed E-state index contributed by atoms with van der Waals surface area (Å²) in [6.45, 7) is 5.68. The fraction of sp³-hybridized carbons (Fsp3) is 0.286. The summed E-state index contributed by atoms with van der Waals surface area (Å²) in [4.78, 5) is 11.3. The Bertz CT molecular complexity index is 1120. The number of ether oxygens (including phenoxy) is 2. The van der Waals surface area contributed by atoms with Crippen LogP contribution < -0.4 is 9.64 Å². The number of rotatable bonds is 4. The summed E-state index contributed by atoms with van der Waals surface area (Å²) in [5.74, 6) is 1.60. The Hall–Kier alpha value is -3.19. The van der Waals surface area contributed by atoms with Crippen molar-refractivity contribution in [2.24, 2.45) is 0 Å². The van der Waals surface area contributed by atoms with Gasteiger partial charge in [0.25, 0.3) is 0 Å². The molecular weight excluding hydrogens is 354 g/mol. The van der Waals surface area contributed by atoms with Crippen molar-refractivity contribution in [1.82, 2.24) is 20.2 Å². The Morgan fingerprint density at radius 3 is 2.71 bits per heavy atom. The minimum atomic E-state index is 0.608. The van der Waals surface area contributed by atoms with Gasteiger partial charge < -0.3 is 14.4 Å². The average Bonchev–Trinajstić information content (AvgIpc) is 3.20. The molecule has 7 nitrogen and oxygen atoms in total. The third-order valence-electron chi connectivity index (χ3n) is 5.05. The van der Waals surface area contributed by atoms with E-state index in [9.17, 15) is 0 Å². The molecule has 0 radical (unpaired) electrons. The molecule has 7 heteroatoms. The lowest BCUT2D eigenvalue weighted by Crippen LogP contribution is -2.36. The number of nitrogens with one attached hydrogen (secondary N) is 1. The SMILES string of the molecule is CCOc1ccc(-c2ccc3ncc4[nH]nc(N5CCOCC5)c4c3c2)cn1. The van der Waals surface area contributed by atoms with E-state index >= 15 is 0 Å². The number of benzene rings is 1. The van der Waals surface area contributed by atoms with Gasteiger partial charge in [0.1, 0.15) is 0 Å². The quantitative estimate of drug-likeness (QED) is 0.589. The first-order valence-electron chi connectivity index (χ1n) is 9.52. The zero-order valence-corrected chi connectivity index (χ0v) is 15.7. The largest absolute Gasteiger partial charge is 0.478 e. The topological polar surface area (TPSA) is 76.2 Å². The number of aromatic nitrogens is 4. The number of anilines is 1. The molecule has 0 unspecified atom stereocenters. The van der Waals surface area contributed by atoms with Gasteiger partial charge in [-0.1, -0.05) is 6.07 Å². The molecule has 0 aliphatic carbocycles. The smallest absolute Gasteiger partial charge is 0.213 e. The van der Waals surface area contributed by atoms with E-state index in [1.54, 1.807) is 0 Å². The zero-order chi connectivity index (χ0) is 18.9. The van der Waals surface area contributed by atoms with Gasteiger partial charge in [-0.3, -0.25) is 10.1 Å². The van der Waals surface area contributed by atoms with Crippen molar-refractivity contribution in [3.63, 3.8) is 0 Å². The Kier molecular flexibility index (Phi) is 4.29. The van der Waals surface area contributed by atoms with Gasteiger partial charge in [-0.15, -0.1) is 0 Å². The van der Waals surface area contributed by atoms with Gasteiger partial charge in [-0.2, -0.15) is 5.10 Å². The predicted octanol–water partition coefficient (Wildman–Crippen LogP) is 3.41. The number of hydrogen-bond donors (Lipinski definition) is 1. The van der Waals surface area contributed by atoms with Gasteiger partial charge in [-0.25, -0.2) is 4.98 Å². The van der Waals surface area contributed by atoms with Gasteiger partial charge in [-0.05, 0) is 30.7 Å². The summed E-state index contributed by atoms with van der Waals surface area (Å²) in [5.41, 5.74) is 4.02. The van der Waals surface area contributed by atoms with Crippen LogP contribution in [0.2, 0.25) is 0 Å². The highest BCUT2D eigenvalue weighted by atomic mass is 16.5. The second kappa shape index (κ2) is 7.09. The van der Waals surface area contributed by atoms with Crippen molar-refractivity contribution >= 4 is 27.6 Å². The molecule has 142 valence electrons. The lowest BCUT2D eigenvalue weighted by Gasteiger charge is -2.27. The van der Waals surface area contributed by atoms with Crippen LogP contribution in [0.3, 0.4) is 0 Å². The maximum Gasteiger partial charge on any atom is 0.213 e. The summed E-state index contributed by atoms with van der Waals surface area (Å²) in [6, 6.07) is 10.2. The molecule has 0 amide bonds. The molecule has 1 aliphatic heterocycles. The van der Waals surface area contributed by atoms with Crippen LogP contribution in [-0.4, -0.2) is 53.1 Å². The van der Waals surface area contributed by atoms with Crippen molar-refractivity contribution in [2.75, 3.05) is 37.8 Å². The van der Waals surface area contributed by atoms with Crippen LogP contribution in [0.4, 0.5) is 5.82 Å². The van der Waals surface area contributed by atoms with Gasteiger partial charge in [0.15, 0.2) is 5.82 Å². The fourth-order valence-electron chi connectivity index (χ4n) is 3.66. The molecule has 5 rings (SSSR count). The maximum atomic E-state index is 5.49. The third kappa shape index (κ3) is 2.93. The molecular formula is C21H21N5O2. The minimum Gasteiger partial charge on any atom is -0.478 e. The van der Waals surface area contributed by atoms with Crippen LogP contribution in [0.5, 0.6) is 5.88 Å². The molecule has 4 heterocycles. The van der Waals surface area contributed by atoms with Crippen molar-refractivity contribution < 1.29 is 9.47 Å². The predicted molar refractivity (Wildman–Crippen MR) is 109 cm³/mol. The van der Waals surface area contributed by atoms with Crippen molar-refractivity contribution in [2.45, 2.75) is 6.92 Å². The molecule has 28 heavy (non-hydrogen) atoms. The molecule has 1 saturated heterocycles. The van der Waals surface area contributed by atoms with Crippen LogP contribution in [0.15, 0.2) is 42.7 Å². The Morgan fingerprint density at radius 2 is 1.93 bits per heavy atom. The van der Waals surface area contributed by atoms with Crippen molar-refractivity contribution in [3.05, 3.63) is 42.7 Å². The monoisotopic (exact) mass is 375 g/mol. The first-order valence-corrected chi connectivity index (χ1v) is 9.52. The number of pyridine rings is 2. The van der Waals surface area contributed by atoms with Gasteiger partial charge in [0.2, 0.25) is 5.88 Å². The van der Waals surface area contributed by atoms with Crippen LogP contribution in [0.1, 0.15) is 6.92 Å². The normalized spacial score (nSPS) is 14.7. The summed E-state index contributed by atoms with van der Waals surface area (Å²) < 4.78 is 10.9. The van der Waals surface area contributed by atoms with E-state index in [4.69, 9.17) is 9.47 Å². The van der Waals surface area contributed by atoms with Crippen molar-refractivity contribution in [3.8, 4) is 17.0 Å². The van der Waals surface area contributed by atoms with Crippen LogP contribution in [0.25, 0.3) is 32.9 Å². The number of aromatic amines is 1. The van der Waals surface area contributed by atoms with E-state index in [2.05, 4.69) is 43.3 Å². The molecule has 4 aromatic rings. The molecule has 0 atom stereocenters. The fourth-order valence-corrected chi connectivity index (χ4v) is 3.66. The van der Waals surface area contributed by atoms with E-state index in [0.29, 0.717) is 12.5 Å². The number of nitrogens with zero attached hydrogens (tertiary/aromatic N) is 4. The highest BCUT2D eigenvalue weighted by Crippen LogP contribution is 2.33. The molecule has 1 fully saturated rings. The second-order valence-electron chi connectivity index (χ2n) is 6.74. The Labute approximate surface area is 162 Å². The lowest BCUT2D eigenvalue weighted by atomic mass is 10.0. The molecule has 1 aliphatic rings. The molecule has 0 spiro atoms. The average molecular weight is 375 g/mol. The number of fused-ring (bicyclic) bond motifs is 3. The molecule has 0 saturated carbocycles. The van der Waals surface area contributed by atoms with E-state index in [1.165, 1.54) is 0 Å². The third-order valence-corrected chi connectivity index (χ3v) is 5.05. The Morgan fingerprint density at radius 1 is 1.07 bits per heavy atom.